The van der Waals surface area contributed by atoms with E-state index in [1.807, 2.05) is 24.3 Å². The number of hydrogen-bond acceptors (Lipinski definition) is 2. The van der Waals surface area contributed by atoms with Crippen molar-refractivity contribution in [3.63, 3.8) is 0 Å². The smallest absolute Gasteiger partial charge is 0.418 e. The van der Waals surface area contributed by atoms with E-state index < -0.39 is 17.8 Å². The van der Waals surface area contributed by atoms with Crippen LogP contribution in [0.2, 0.25) is 0 Å². The molecule has 0 aromatic heterocycles. The van der Waals surface area contributed by atoms with Crippen molar-refractivity contribution >= 4 is 11.7 Å². The highest BCUT2D eigenvalue weighted by atomic mass is 19.4. The van der Waals surface area contributed by atoms with Gasteiger partial charge < -0.3 is 15.4 Å². The first-order chi connectivity index (χ1) is 12.6. The maximum atomic E-state index is 12.9. The minimum absolute atomic E-state index is 0.0105. The maximum Gasteiger partial charge on any atom is 0.418 e. The molecule has 0 saturated heterocycles. The molecule has 0 bridgehead atoms. The number of ether oxygens (including phenoxy) is 1. The standard InChI is InChI=1S/C20H23F3N2O2/c1-19(2,3)14-7-6-8-15(13-14)27-12-11-24-18(26)25-17-10-5-4-9-16(17)20(21,22)23/h4-10,13H,11-12H2,1-3H3,(H2,24,25,26). The summed E-state index contributed by atoms with van der Waals surface area (Å²) in [6.07, 6.45) is -4.54. The van der Waals surface area contributed by atoms with Crippen molar-refractivity contribution in [2.45, 2.75) is 32.4 Å². The molecule has 0 heterocycles. The Morgan fingerprint density at radius 2 is 1.74 bits per heavy atom. The zero-order valence-electron chi connectivity index (χ0n) is 15.5. The Balaban J connectivity index is 1.84. The van der Waals surface area contributed by atoms with E-state index in [1.54, 1.807) is 0 Å². The van der Waals surface area contributed by atoms with E-state index in [9.17, 15) is 18.0 Å². The third kappa shape index (κ3) is 6.20. The quantitative estimate of drug-likeness (QED) is 0.700. The lowest BCUT2D eigenvalue weighted by Crippen LogP contribution is -2.32. The lowest BCUT2D eigenvalue weighted by Gasteiger charge is -2.19. The molecule has 2 aromatic rings. The summed E-state index contributed by atoms with van der Waals surface area (Å²) in [5, 5.41) is 4.70. The van der Waals surface area contributed by atoms with Crippen LogP contribution in [0, 0.1) is 0 Å². The SMILES string of the molecule is CC(C)(C)c1cccc(OCCNC(=O)Nc2ccccc2C(F)(F)F)c1. The van der Waals surface area contributed by atoms with E-state index >= 15 is 0 Å². The first-order valence-corrected chi connectivity index (χ1v) is 8.52. The number of benzene rings is 2. The fourth-order valence-electron chi connectivity index (χ4n) is 2.39. The molecule has 0 radical (unpaired) electrons. The van der Waals surface area contributed by atoms with Crippen LogP contribution in [0.5, 0.6) is 5.75 Å². The summed E-state index contributed by atoms with van der Waals surface area (Å²) < 4.78 is 44.4. The highest BCUT2D eigenvalue weighted by molar-refractivity contribution is 5.90. The average Bonchev–Trinajstić information content (AvgIpc) is 2.58. The van der Waals surface area contributed by atoms with E-state index in [1.165, 1.54) is 18.2 Å². The van der Waals surface area contributed by atoms with E-state index in [0.717, 1.165) is 11.6 Å². The van der Waals surface area contributed by atoms with Gasteiger partial charge in [0.1, 0.15) is 12.4 Å². The van der Waals surface area contributed by atoms with Gasteiger partial charge >= 0.3 is 12.2 Å². The molecule has 0 atom stereocenters. The number of para-hydroxylation sites is 1. The van der Waals surface area contributed by atoms with Crippen molar-refractivity contribution < 1.29 is 22.7 Å². The molecule has 7 heteroatoms. The minimum Gasteiger partial charge on any atom is -0.492 e. The first-order valence-electron chi connectivity index (χ1n) is 8.52. The Kier molecular flexibility index (Phi) is 6.36. The molecule has 27 heavy (non-hydrogen) atoms. The van der Waals surface area contributed by atoms with Crippen LogP contribution in [0.4, 0.5) is 23.7 Å². The van der Waals surface area contributed by atoms with Crippen molar-refractivity contribution in [1.29, 1.82) is 0 Å². The normalized spacial score (nSPS) is 11.8. The predicted octanol–water partition coefficient (Wildman–Crippen LogP) is 5.20. The number of carbonyl (C=O) groups is 1. The van der Waals surface area contributed by atoms with Crippen LogP contribution >= 0.6 is 0 Å². The molecule has 2 amide bonds. The number of anilines is 1. The summed E-state index contributed by atoms with van der Waals surface area (Å²) in [5.41, 5.74) is -0.0743. The Labute approximate surface area is 156 Å². The van der Waals surface area contributed by atoms with Crippen LogP contribution in [0.1, 0.15) is 31.9 Å². The molecule has 0 spiro atoms. The summed E-state index contributed by atoms with van der Waals surface area (Å²) in [6, 6.07) is 11.7. The third-order valence-electron chi connectivity index (χ3n) is 3.84. The Morgan fingerprint density at radius 1 is 1.04 bits per heavy atom. The monoisotopic (exact) mass is 380 g/mol. The van der Waals surface area contributed by atoms with Gasteiger partial charge in [-0.15, -0.1) is 0 Å². The molecule has 0 aliphatic rings. The number of rotatable bonds is 5. The zero-order chi connectivity index (χ0) is 20.1. The fourth-order valence-corrected chi connectivity index (χ4v) is 2.39. The molecule has 2 rings (SSSR count). The fraction of sp³-hybridized carbons (Fsp3) is 0.350. The van der Waals surface area contributed by atoms with Crippen LogP contribution in [0.25, 0.3) is 0 Å². The van der Waals surface area contributed by atoms with Crippen molar-refractivity contribution in [2.75, 3.05) is 18.5 Å². The van der Waals surface area contributed by atoms with Crippen molar-refractivity contribution in [2.24, 2.45) is 0 Å². The van der Waals surface area contributed by atoms with Crippen molar-refractivity contribution in [3.8, 4) is 5.75 Å². The lowest BCUT2D eigenvalue weighted by atomic mass is 9.87. The van der Waals surface area contributed by atoms with Gasteiger partial charge in [-0.25, -0.2) is 4.79 Å². The Hall–Kier alpha value is -2.70. The summed E-state index contributed by atoms with van der Waals surface area (Å²) in [6.45, 7) is 6.63. The molecule has 4 nitrogen and oxygen atoms in total. The van der Waals surface area contributed by atoms with Crippen LogP contribution in [0.3, 0.4) is 0 Å². The van der Waals surface area contributed by atoms with Gasteiger partial charge in [0, 0.05) is 0 Å². The van der Waals surface area contributed by atoms with Gasteiger partial charge in [-0.3, -0.25) is 0 Å². The van der Waals surface area contributed by atoms with Crippen molar-refractivity contribution in [1.82, 2.24) is 5.32 Å². The molecule has 0 aliphatic heterocycles. The average molecular weight is 380 g/mol. The summed E-state index contributed by atoms with van der Waals surface area (Å²) in [7, 11) is 0. The summed E-state index contributed by atoms with van der Waals surface area (Å²) in [4.78, 5) is 11.8. The Morgan fingerprint density at radius 3 is 2.41 bits per heavy atom. The van der Waals surface area contributed by atoms with Gasteiger partial charge in [-0.2, -0.15) is 13.2 Å². The summed E-state index contributed by atoms with van der Waals surface area (Å²) in [5.74, 6) is 0.673. The predicted molar refractivity (Wildman–Crippen MR) is 99.1 cm³/mol. The largest absolute Gasteiger partial charge is 0.492 e. The van der Waals surface area contributed by atoms with E-state index in [-0.39, 0.29) is 24.3 Å². The molecule has 0 aliphatic carbocycles. The molecule has 0 fully saturated rings. The van der Waals surface area contributed by atoms with E-state index in [2.05, 4.69) is 31.4 Å². The highest BCUT2D eigenvalue weighted by Crippen LogP contribution is 2.34. The number of carbonyl (C=O) groups excluding carboxylic acids is 1. The minimum atomic E-state index is -4.54. The number of amides is 2. The van der Waals surface area contributed by atoms with Gasteiger partial charge in [-0.1, -0.05) is 45.0 Å². The van der Waals surface area contributed by atoms with E-state index in [4.69, 9.17) is 4.74 Å². The topological polar surface area (TPSA) is 50.4 Å². The number of alkyl halides is 3. The number of nitrogens with one attached hydrogen (secondary N) is 2. The molecule has 0 saturated carbocycles. The second-order valence-electron chi connectivity index (χ2n) is 7.05. The van der Waals surface area contributed by atoms with Crippen LogP contribution in [-0.4, -0.2) is 19.2 Å². The molecule has 146 valence electrons. The highest BCUT2D eigenvalue weighted by Gasteiger charge is 2.33. The third-order valence-corrected chi connectivity index (χ3v) is 3.84. The van der Waals surface area contributed by atoms with Gasteiger partial charge in [0.2, 0.25) is 0 Å². The number of hydrogen-bond donors (Lipinski definition) is 2. The van der Waals surface area contributed by atoms with E-state index in [0.29, 0.717) is 5.75 Å². The first kappa shape index (κ1) is 20.6. The molecule has 0 unspecified atom stereocenters. The van der Waals surface area contributed by atoms with Gasteiger partial charge in [0.25, 0.3) is 0 Å². The second kappa shape index (κ2) is 8.33. The van der Waals surface area contributed by atoms with Crippen molar-refractivity contribution in [3.05, 3.63) is 59.7 Å². The number of urea groups is 1. The zero-order valence-corrected chi connectivity index (χ0v) is 15.5. The molecular formula is C20H23F3N2O2. The molecule has 2 N–H and O–H groups in total. The Bertz CT molecular complexity index is 783. The van der Waals surface area contributed by atoms with Crippen LogP contribution < -0.4 is 15.4 Å². The van der Waals surface area contributed by atoms with Gasteiger partial charge in [-0.05, 0) is 35.2 Å². The second-order valence-corrected chi connectivity index (χ2v) is 7.05. The molecule has 2 aromatic carbocycles. The number of halogens is 3. The lowest BCUT2D eigenvalue weighted by molar-refractivity contribution is -0.136. The van der Waals surface area contributed by atoms with Gasteiger partial charge in [0.15, 0.2) is 0 Å². The maximum absolute atomic E-state index is 12.9. The van der Waals surface area contributed by atoms with Crippen LogP contribution in [-0.2, 0) is 11.6 Å². The molecular weight excluding hydrogens is 357 g/mol. The summed E-state index contributed by atoms with van der Waals surface area (Å²) >= 11 is 0. The van der Waals surface area contributed by atoms with Crippen LogP contribution in [0.15, 0.2) is 48.5 Å². The van der Waals surface area contributed by atoms with Gasteiger partial charge in [0.05, 0.1) is 17.8 Å².